The monoisotopic (exact) mass is 383 g/mol. The molecule has 3 rings (SSSR count). The zero-order valence-corrected chi connectivity index (χ0v) is 14.4. The van der Waals surface area contributed by atoms with Crippen molar-refractivity contribution in [3.63, 3.8) is 0 Å². The quantitative estimate of drug-likeness (QED) is 0.570. The third-order valence-corrected chi connectivity index (χ3v) is 4.61. The molecule has 0 aliphatic heterocycles. The highest BCUT2D eigenvalue weighted by atomic mass is 35.5. The van der Waals surface area contributed by atoms with E-state index >= 15 is 0 Å². The number of aromatic nitrogens is 2. The van der Waals surface area contributed by atoms with E-state index in [4.69, 9.17) is 11.6 Å². The van der Waals surface area contributed by atoms with Crippen molar-refractivity contribution in [1.82, 2.24) is 9.97 Å². The summed E-state index contributed by atoms with van der Waals surface area (Å²) in [4.78, 5) is 9.55. The number of hydrogen-bond donors (Lipinski definition) is 1. The Morgan fingerprint density at radius 1 is 1.16 bits per heavy atom. The van der Waals surface area contributed by atoms with Gasteiger partial charge in [-0.05, 0) is 36.8 Å². The lowest BCUT2D eigenvalue weighted by atomic mass is 10.2. The van der Waals surface area contributed by atoms with Crippen LogP contribution >= 0.6 is 22.9 Å². The molecule has 25 heavy (non-hydrogen) atoms. The van der Waals surface area contributed by atoms with Gasteiger partial charge in [0.1, 0.15) is 0 Å². The van der Waals surface area contributed by atoms with Gasteiger partial charge in [-0.15, -0.1) is 22.9 Å². The van der Waals surface area contributed by atoms with Gasteiger partial charge in [-0.25, -0.2) is 4.98 Å². The third kappa shape index (κ3) is 4.29. The van der Waals surface area contributed by atoms with Crippen molar-refractivity contribution < 1.29 is 13.2 Å². The van der Waals surface area contributed by atoms with E-state index in [0.717, 1.165) is 28.3 Å². The van der Waals surface area contributed by atoms with Crippen molar-refractivity contribution in [2.75, 3.05) is 11.2 Å². The van der Waals surface area contributed by atoms with Crippen LogP contribution in [0.15, 0.2) is 48.8 Å². The lowest BCUT2D eigenvalue weighted by Crippen LogP contribution is -2.05. The Balaban J connectivity index is 1.91. The van der Waals surface area contributed by atoms with Crippen LogP contribution in [0.1, 0.15) is 10.4 Å². The number of anilines is 2. The first kappa shape index (κ1) is 17.7. The van der Waals surface area contributed by atoms with Crippen LogP contribution in [-0.2, 0) is 12.6 Å². The third-order valence-electron chi connectivity index (χ3n) is 3.40. The second kappa shape index (κ2) is 7.41. The number of nitrogens with zero attached hydrogens (tertiary/aromatic N) is 2. The van der Waals surface area contributed by atoms with Gasteiger partial charge in [0.05, 0.1) is 11.3 Å². The first-order chi connectivity index (χ1) is 12.0. The number of halogens is 4. The summed E-state index contributed by atoms with van der Waals surface area (Å²) in [5.74, 6) is 0.429. The molecule has 0 aliphatic rings. The van der Waals surface area contributed by atoms with E-state index in [1.54, 1.807) is 24.5 Å². The summed E-state index contributed by atoms with van der Waals surface area (Å²) in [6, 6.07) is 8.72. The van der Waals surface area contributed by atoms with Crippen molar-refractivity contribution in [2.24, 2.45) is 0 Å². The Labute approximate surface area is 151 Å². The van der Waals surface area contributed by atoms with Crippen LogP contribution in [0.3, 0.4) is 0 Å². The summed E-state index contributed by atoms with van der Waals surface area (Å²) in [6.45, 7) is 0. The lowest BCUT2D eigenvalue weighted by molar-refractivity contribution is -0.137. The molecule has 0 saturated carbocycles. The number of thiazole rings is 1. The van der Waals surface area contributed by atoms with E-state index < -0.39 is 11.7 Å². The van der Waals surface area contributed by atoms with Gasteiger partial charge in [-0.3, -0.25) is 4.98 Å². The van der Waals surface area contributed by atoms with E-state index in [2.05, 4.69) is 15.3 Å². The van der Waals surface area contributed by atoms with E-state index in [0.29, 0.717) is 23.1 Å². The summed E-state index contributed by atoms with van der Waals surface area (Å²) in [5.41, 5.74) is 1.21. The van der Waals surface area contributed by atoms with Gasteiger partial charge in [0.25, 0.3) is 0 Å². The zero-order chi connectivity index (χ0) is 17.9. The molecule has 0 amide bonds. The Bertz CT molecular complexity index is 850. The molecule has 0 bridgehead atoms. The number of nitrogens with one attached hydrogen (secondary N) is 1. The lowest BCUT2D eigenvalue weighted by Gasteiger charge is -2.08. The molecule has 0 atom stereocenters. The fourth-order valence-electron chi connectivity index (χ4n) is 2.29. The van der Waals surface area contributed by atoms with Gasteiger partial charge >= 0.3 is 6.18 Å². The molecule has 1 N–H and O–H groups in total. The molecule has 0 unspecified atom stereocenters. The zero-order valence-electron chi connectivity index (χ0n) is 12.8. The Kier molecular flexibility index (Phi) is 5.24. The summed E-state index contributed by atoms with van der Waals surface area (Å²) in [5, 5.41) is 3.46. The van der Waals surface area contributed by atoms with Gasteiger partial charge in [0, 0.05) is 34.4 Å². The largest absolute Gasteiger partial charge is 0.416 e. The number of hydrogen-bond acceptors (Lipinski definition) is 4. The van der Waals surface area contributed by atoms with Gasteiger partial charge < -0.3 is 5.32 Å². The van der Waals surface area contributed by atoms with Crippen LogP contribution in [0.5, 0.6) is 0 Å². The number of alkyl halides is 4. The predicted octanol–water partition coefficient (Wildman–Crippen LogP) is 5.75. The van der Waals surface area contributed by atoms with Gasteiger partial charge in [0.15, 0.2) is 5.13 Å². The summed E-state index contributed by atoms with van der Waals surface area (Å²) >= 11 is 7.23. The molecule has 0 aliphatic carbocycles. The molecular formula is C17H13ClF3N3S. The first-order valence-electron chi connectivity index (χ1n) is 7.38. The molecule has 2 heterocycles. The maximum absolute atomic E-state index is 12.8. The standard InChI is InChI=1S/C17H13ClF3N3S/c18-7-6-14-15(11-3-2-8-22-10-11)24-16(25-14)23-13-5-1-4-12(9-13)17(19,20)21/h1-5,8-10H,6-7H2,(H,23,24). The molecule has 0 fully saturated rings. The molecular weight excluding hydrogens is 371 g/mol. The minimum atomic E-state index is -4.38. The van der Waals surface area contributed by atoms with E-state index in [9.17, 15) is 13.2 Å². The fraction of sp³-hybridized carbons (Fsp3) is 0.176. The van der Waals surface area contributed by atoms with E-state index in [-0.39, 0.29) is 0 Å². The van der Waals surface area contributed by atoms with Gasteiger partial charge in [-0.1, -0.05) is 6.07 Å². The summed E-state index contributed by atoms with van der Waals surface area (Å²) < 4.78 is 38.5. The maximum Gasteiger partial charge on any atom is 0.416 e. The summed E-state index contributed by atoms with van der Waals surface area (Å²) in [6.07, 6.45) is -0.404. The van der Waals surface area contributed by atoms with E-state index in [1.807, 2.05) is 6.07 Å². The number of pyridine rings is 1. The molecule has 130 valence electrons. The van der Waals surface area contributed by atoms with Crippen molar-refractivity contribution in [3.05, 3.63) is 59.2 Å². The Morgan fingerprint density at radius 3 is 2.68 bits per heavy atom. The van der Waals surface area contributed by atoms with Gasteiger partial charge in [-0.2, -0.15) is 13.2 Å². The second-order valence-electron chi connectivity index (χ2n) is 5.18. The van der Waals surface area contributed by atoms with E-state index in [1.165, 1.54) is 17.4 Å². The minimum Gasteiger partial charge on any atom is -0.332 e. The topological polar surface area (TPSA) is 37.8 Å². The van der Waals surface area contributed by atoms with Crippen molar-refractivity contribution >= 4 is 33.8 Å². The number of rotatable bonds is 5. The van der Waals surface area contributed by atoms with Crippen molar-refractivity contribution in [3.8, 4) is 11.3 Å². The highest BCUT2D eigenvalue weighted by Gasteiger charge is 2.30. The highest BCUT2D eigenvalue weighted by molar-refractivity contribution is 7.16. The fourth-order valence-corrected chi connectivity index (χ4v) is 3.59. The normalized spacial score (nSPS) is 11.5. The Hall–Kier alpha value is -2.12. The minimum absolute atomic E-state index is 0.332. The molecule has 8 heteroatoms. The van der Waals surface area contributed by atoms with Crippen LogP contribution in [0.2, 0.25) is 0 Å². The van der Waals surface area contributed by atoms with Crippen molar-refractivity contribution in [2.45, 2.75) is 12.6 Å². The molecule has 3 aromatic rings. The molecule has 0 saturated heterocycles. The van der Waals surface area contributed by atoms with Crippen LogP contribution in [0, 0.1) is 0 Å². The smallest absolute Gasteiger partial charge is 0.332 e. The maximum atomic E-state index is 12.8. The molecule has 0 spiro atoms. The molecule has 1 aromatic carbocycles. The number of aryl methyl sites for hydroxylation is 1. The molecule has 0 radical (unpaired) electrons. The van der Waals surface area contributed by atoms with Crippen molar-refractivity contribution in [1.29, 1.82) is 0 Å². The SMILES string of the molecule is FC(F)(F)c1cccc(Nc2nc(-c3cccnc3)c(CCCl)s2)c1. The average Bonchev–Trinajstić information content (AvgIpc) is 2.98. The van der Waals surface area contributed by atoms with Crippen LogP contribution in [0.25, 0.3) is 11.3 Å². The highest BCUT2D eigenvalue weighted by Crippen LogP contribution is 2.35. The number of benzene rings is 1. The first-order valence-corrected chi connectivity index (χ1v) is 8.73. The molecule has 2 aromatic heterocycles. The van der Waals surface area contributed by atoms with Crippen LogP contribution < -0.4 is 5.32 Å². The predicted molar refractivity (Wildman–Crippen MR) is 94.5 cm³/mol. The molecule has 3 nitrogen and oxygen atoms in total. The second-order valence-corrected chi connectivity index (χ2v) is 6.64. The average molecular weight is 384 g/mol. The Morgan fingerprint density at radius 2 is 2.00 bits per heavy atom. The van der Waals surface area contributed by atoms with Crippen LogP contribution in [0.4, 0.5) is 24.0 Å². The van der Waals surface area contributed by atoms with Gasteiger partial charge in [0.2, 0.25) is 0 Å². The summed E-state index contributed by atoms with van der Waals surface area (Å²) in [7, 11) is 0. The van der Waals surface area contributed by atoms with Crippen LogP contribution in [-0.4, -0.2) is 15.8 Å².